The molecule has 0 radical (unpaired) electrons. The van der Waals surface area contributed by atoms with E-state index in [1.807, 2.05) is 60.4 Å². The second-order valence-electron chi connectivity index (χ2n) is 7.10. The third-order valence-corrected chi connectivity index (χ3v) is 8.57. The van der Waals surface area contributed by atoms with Crippen LogP contribution in [0.5, 0.6) is 0 Å². The van der Waals surface area contributed by atoms with Crippen molar-refractivity contribution in [2.75, 3.05) is 16.4 Å². The molecule has 28 heavy (non-hydrogen) atoms. The minimum atomic E-state index is -3.07. The largest absolute Gasteiger partial charge is 0.316 e. The number of benzene rings is 2. The number of carbonyl (C=O) groups is 1. The quantitative estimate of drug-likeness (QED) is 0.673. The van der Waals surface area contributed by atoms with E-state index in [1.54, 1.807) is 0 Å². The van der Waals surface area contributed by atoms with Gasteiger partial charge in [0.1, 0.15) is 0 Å². The Labute approximate surface area is 177 Å². The highest BCUT2D eigenvalue weighted by molar-refractivity contribution is 9.10. The van der Waals surface area contributed by atoms with Crippen molar-refractivity contribution in [1.29, 1.82) is 0 Å². The molecule has 0 spiro atoms. The molecule has 5 nitrogen and oxygen atoms in total. The summed E-state index contributed by atoms with van der Waals surface area (Å²) in [5, 5.41) is 0.490. The molecule has 0 saturated carbocycles. The standard InChI is InChI=1S/C20H19BrN2O3S2/c1-13-3-2-4-14(9-13)10-19(24)22-20-23(16-7-5-15(21)6-8-16)17-11-28(25,26)12-18(17)27-20/h2-9,17-18H,10-12H2,1H3/t17-,18+/m0/s1. The van der Waals surface area contributed by atoms with Crippen molar-refractivity contribution < 1.29 is 13.2 Å². The molecular formula is C20H19BrN2O3S2. The SMILES string of the molecule is Cc1cccc(CC(=O)N=C2S[C@@H]3CS(=O)(=O)C[C@@H]3N2c2ccc(Br)cc2)c1. The molecule has 4 rings (SSSR count). The number of rotatable bonds is 3. The molecule has 8 heteroatoms. The van der Waals surface area contributed by atoms with Gasteiger partial charge in [-0.2, -0.15) is 4.99 Å². The van der Waals surface area contributed by atoms with E-state index in [0.717, 1.165) is 21.3 Å². The van der Waals surface area contributed by atoms with Crippen molar-refractivity contribution >= 4 is 54.3 Å². The number of nitrogens with zero attached hydrogens (tertiary/aromatic N) is 2. The molecule has 2 aliphatic heterocycles. The fourth-order valence-corrected chi connectivity index (χ4v) is 7.81. The van der Waals surface area contributed by atoms with Gasteiger partial charge in [0.25, 0.3) is 5.91 Å². The van der Waals surface area contributed by atoms with Crippen LogP contribution in [0.3, 0.4) is 0 Å². The van der Waals surface area contributed by atoms with Gasteiger partial charge in [0.05, 0.1) is 24.0 Å². The molecule has 2 aromatic carbocycles. The van der Waals surface area contributed by atoms with Gasteiger partial charge in [-0.1, -0.05) is 57.5 Å². The number of amidine groups is 1. The lowest BCUT2D eigenvalue weighted by molar-refractivity contribution is -0.117. The lowest BCUT2D eigenvalue weighted by Gasteiger charge is -2.24. The molecule has 2 saturated heterocycles. The van der Waals surface area contributed by atoms with Gasteiger partial charge in [-0.25, -0.2) is 8.42 Å². The Balaban J connectivity index is 1.63. The second-order valence-corrected chi connectivity index (χ2v) is 11.4. The molecule has 2 aliphatic rings. The minimum Gasteiger partial charge on any atom is -0.316 e. The number of aliphatic imine (C=N–C) groups is 1. The highest BCUT2D eigenvalue weighted by Crippen LogP contribution is 2.41. The lowest BCUT2D eigenvalue weighted by atomic mass is 10.1. The van der Waals surface area contributed by atoms with Gasteiger partial charge in [-0.3, -0.25) is 4.79 Å². The van der Waals surface area contributed by atoms with E-state index in [0.29, 0.717) is 5.17 Å². The number of hydrogen-bond donors (Lipinski definition) is 0. The number of fused-ring (bicyclic) bond motifs is 1. The summed E-state index contributed by atoms with van der Waals surface area (Å²) in [6, 6.07) is 15.3. The zero-order chi connectivity index (χ0) is 19.9. The molecule has 2 aromatic rings. The van der Waals surface area contributed by atoms with Gasteiger partial charge < -0.3 is 4.90 Å². The van der Waals surface area contributed by atoms with Crippen LogP contribution in [0.4, 0.5) is 5.69 Å². The first kappa shape index (κ1) is 19.7. The summed E-state index contributed by atoms with van der Waals surface area (Å²) in [7, 11) is -3.07. The monoisotopic (exact) mass is 478 g/mol. The Bertz CT molecular complexity index is 1050. The third kappa shape index (κ3) is 4.18. The molecule has 0 aromatic heterocycles. The fourth-order valence-electron chi connectivity index (χ4n) is 3.61. The van der Waals surface area contributed by atoms with Crippen LogP contribution >= 0.6 is 27.7 Å². The first-order valence-corrected chi connectivity index (χ1v) is 12.4. The van der Waals surface area contributed by atoms with Crippen molar-refractivity contribution in [1.82, 2.24) is 0 Å². The Morgan fingerprint density at radius 1 is 1.21 bits per heavy atom. The maximum absolute atomic E-state index is 12.6. The summed E-state index contributed by atoms with van der Waals surface area (Å²) >= 11 is 4.82. The summed E-state index contributed by atoms with van der Waals surface area (Å²) in [5.41, 5.74) is 2.88. The lowest BCUT2D eigenvalue weighted by Crippen LogP contribution is -2.37. The molecule has 0 bridgehead atoms. The average molecular weight is 479 g/mol. The fraction of sp³-hybridized carbons (Fsp3) is 0.300. The number of anilines is 1. The van der Waals surface area contributed by atoms with Crippen LogP contribution in [0.15, 0.2) is 58.0 Å². The zero-order valence-corrected chi connectivity index (χ0v) is 18.4. The minimum absolute atomic E-state index is 0.0891. The van der Waals surface area contributed by atoms with Crippen molar-refractivity contribution in [3.8, 4) is 0 Å². The third-order valence-electron chi connectivity index (χ3n) is 4.83. The Morgan fingerprint density at radius 2 is 1.96 bits per heavy atom. The Hall–Kier alpha value is -1.64. The molecular weight excluding hydrogens is 460 g/mol. The number of hydrogen-bond acceptors (Lipinski definition) is 4. The zero-order valence-electron chi connectivity index (χ0n) is 15.2. The number of carbonyl (C=O) groups excluding carboxylic acids is 1. The van der Waals surface area contributed by atoms with Crippen LogP contribution in [-0.4, -0.2) is 42.3 Å². The van der Waals surface area contributed by atoms with E-state index in [2.05, 4.69) is 20.9 Å². The number of amides is 1. The van der Waals surface area contributed by atoms with Crippen LogP contribution < -0.4 is 4.90 Å². The highest BCUT2D eigenvalue weighted by Gasteiger charge is 2.49. The van der Waals surface area contributed by atoms with E-state index < -0.39 is 9.84 Å². The average Bonchev–Trinajstić information content (AvgIpc) is 3.06. The van der Waals surface area contributed by atoms with Gasteiger partial charge in [0.15, 0.2) is 15.0 Å². The summed E-state index contributed by atoms with van der Waals surface area (Å²) in [5.74, 6) is -0.00948. The van der Waals surface area contributed by atoms with Gasteiger partial charge in [-0.15, -0.1) is 0 Å². The Morgan fingerprint density at radius 3 is 2.68 bits per heavy atom. The molecule has 1 amide bonds. The molecule has 2 fully saturated rings. The van der Waals surface area contributed by atoms with Crippen LogP contribution in [0.1, 0.15) is 11.1 Å². The second kappa shape index (κ2) is 7.65. The van der Waals surface area contributed by atoms with E-state index in [9.17, 15) is 13.2 Å². The molecule has 0 unspecified atom stereocenters. The van der Waals surface area contributed by atoms with Crippen LogP contribution in [0.25, 0.3) is 0 Å². The predicted molar refractivity (Wildman–Crippen MR) is 118 cm³/mol. The molecule has 2 atom stereocenters. The normalized spacial score (nSPS) is 24.5. The summed E-state index contributed by atoms with van der Waals surface area (Å²) < 4.78 is 25.2. The maximum atomic E-state index is 12.6. The summed E-state index contributed by atoms with van der Waals surface area (Å²) in [6.07, 6.45) is 0.230. The Kier molecular flexibility index (Phi) is 5.37. The number of halogens is 1. The van der Waals surface area contributed by atoms with Gasteiger partial charge >= 0.3 is 0 Å². The number of sulfone groups is 1. The van der Waals surface area contributed by atoms with Crippen molar-refractivity contribution in [2.45, 2.75) is 24.6 Å². The van der Waals surface area contributed by atoms with Crippen molar-refractivity contribution in [2.24, 2.45) is 4.99 Å². The van der Waals surface area contributed by atoms with Crippen LogP contribution in [-0.2, 0) is 21.1 Å². The van der Waals surface area contributed by atoms with Crippen molar-refractivity contribution in [3.05, 3.63) is 64.1 Å². The predicted octanol–water partition coefficient (Wildman–Crippen LogP) is 3.60. The van der Waals surface area contributed by atoms with Crippen LogP contribution in [0.2, 0.25) is 0 Å². The first-order valence-electron chi connectivity index (χ1n) is 8.90. The molecule has 146 valence electrons. The number of aryl methyl sites for hydroxylation is 1. The molecule has 0 N–H and O–H groups in total. The van der Waals surface area contributed by atoms with E-state index in [4.69, 9.17) is 0 Å². The van der Waals surface area contributed by atoms with Crippen molar-refractivity contribution in [3.63, 3.8) is 0 Å². The highest BCUT2D eigenvalue weighted by atomic mass is 79.9. The van der Waals surface area contributed by atoms with E-state index >= 15 is 0 Å². The summed E-state index contributed by atoms with van der Waals surface area (Å²) in [6.45, 7) is 1.99. The van der Waals surface area contributed by atoms with Gasteiger partial charge in [-0.05, 0) is 36.8 Å². The first-order chi connectivity index (χ1) is 13.3. The topological polar surface area (TPSA) is 66.8 Å². The van der Waals surface area contributed by atoms with Gasteiger partial charge in [0.2, 0.25) is 0 Å². The smallest absolute Gasteiger partial charge is 0.252 e. The van der Waals surface area contributed by atoms with Gasteiger partial charge in [0, 0.05) is 15.4 Å². The number of thioether (sulfide) groups is 1. The molecule has 0 aliphatic carbocycles. The maximum Gasteiger partial charge on any atom is 0.252 e. The van der Waals surface area contributed by atoms with E-state index in [1.165, 1.54) is 11.8 Å². The van der Waals surface area contributed by atoms with E-state index in [-0.39, 0.29) is 35.1 Å². The summed E-state index contributed by atoms with van der Waals surface area (Å²) in [4.78, 5) is 18.9. The van der Waals surface area contributed by atoms with Crippen LogP contribution in [0, 0.1) is 6.92 Å². The molecule has 2 heterocycles.